The third-order valence-electron chi connectivity index (χ3n) is 5.05. The zero-order valence-corrected chi connectivity index (χ0v) is 15.0. The van der Waals surface area contributed by atoms with Gasteiger partial charge in [0.2, 0.25) is 5.95 Å². The first-order chi connectivity index (χ1) is 13.4. The highest BCUT2D eigenvalue weighted by Gasteiger charge is 2.22. The normalized spacial score (nSPS) is 18.3. The molecule has 0 spiro atoms. The summed E-state index contributed by atoms with van der Waals surface area (Å²) in [6.45, 7) is 6.63. The molecule has 3 aromatic heterocycles. The van der Waals surface area contributed by atoms with Crippen molar-refractivity contribution in [1.82, 2.24) is 30.1 Å². The van der Waals surface area contributed by atoms with Gasteiger partial charge in [-0.2, -0.15) is 10.1 Å². The monoisotopic (exact) mass is 367 g/mol. The Bertz CT molecular complexity index is 915. The number of hydrogen-bond donors (Lipinski definition) is 1. The van der Waals surface area contributed by atoms with Gasteiger partial charge in [0.05, 0.1) is 24.8 Å². The number of ether oxygens (including phenoxy) is 1. The number of piperazine rings is 1. The van der Waals surface area contributed by atoms with Crippen molar-refractivity contribution >= 4 is 28.6 Å². The highest BCUT2D eigenvalue weighted by Crippen LogP contribution is 2.24. The molecule has 0 unspecified atom stereocenters. The van der Waals surface area contributed by atoms with Crippen LogP contribution in [0.2, 0.25) is 0 Å². The Hall–Kier alpha value is -3.01. The molecule has 2 aliphatic rings. The number of hydrogen-bond acceptors (Lipinski definition) is 9. The number of H-pyrrole nitrogens is 1. The molecule has 2 saturated heterocycles. The van der Waals surface area contributed by atoms with Crippen LogP contribution in [-0.2, 0) is 4.74 Å². The first-order valence-corrected chi connectivity index (χ1v) is 9.18. The Morgan fingerprint density at radius 3 is 2.56 bits per heavy atom. The van der Waals surface area contributed by atoms with Gasteiger partial charge in [-0.05, 0) is 6.07 Å². The van der Waals surface area contributed by atoms with Gasteiger partial charge in [0.25, 0.3) is 0 Å². The van der Waals surface area contributed by atoms with E-state index in [2.05, 4.69) is 39.8 Å². The Kier molecular flexibility index (Phi) is 4.17. The van der Waals surface area contributed by atoms with Gasteiger partial charge in [-0.3, -0.25) is 5.10 Å². The standard InChI is InChI=1S/C17H21N9O/c1-2-18-17(26-7-9-27-10-8-26)22-14(1)24-3-5-25(6-4-24)16-13-11-21-23-15(13)19-12-20-16/h1-2,11-12H,3-10H2,(H,19,20,21,23). The highest BCUT2D eigenvalue weighted by molar-refractivity contribution is 5.86. The van der Waals surface area contributed by atoms with Gasteiger partial charge < -0.3 is 19.4 Å². The van der Waals surface area contributed by atoms with Crippen molar-refractivity contribution in [2.75, 3.05) is 67.2 Å². The summed E-state index contributed by atoms with van der Waals surface area (Å²) in [5, 5.41) is 7.94. The van der Waals surface area contributed by atoms with Crippen LogP contribution in [-0.4, -0.2) is 82.6 Å². The van der Waals surface area contributed by atoms with E-state index in [1.54, 1.807) is 12.5 Å². The number of rotatable bonds is 3. The van der Waals surface area contributed by atoms with E-state index in [9.17, 15) is 0 Å². The van der Waals surface area contributed by atoms with Crippen molar-refractivity contribution in [3.05, 3.63) is 24.8 Å². The van der Waals surface area contributed by atoms with Crippen molar-refractivity contribution < 1.29 is 4.74 Å². The maximum Gasteiger partial charge on any atom is 0.227 e. The molecule has 0 radical (unpaired) electrons. The van der Waals surface area contributed by atoms with Crippen molar-refractivity contribution in [3.63, 3.8) is 0 Å². The molecule has 140 valence electrons. The third-order valence-corrected chi connectivity index (χ3v) is 5.05. The minimum Gasteiger partial charge on any atom is -0.378 e. The summed E-state index contributed by atoms with van der Waals surface area (Å²) < 4.78 is 5.42. The van der Waals surface area contributed by atoms with Crippen molar-refractivity contribution in [1.29, 1.82) is 0 Å². The maximum absolute atomic E-state index is 5.42. The largest absolute Gasteiger partial charge is 0.378 e. The Morgan fingerprint density at radius 2 is 1.70 bits per heavy atom. The number of nitrogens with one attached hydrogen (secondary N) is 1. The predicted octanol–water partition coefficient (Wildman–Crippen LogP) is 0.306. The highest BCUT2D eigenvalue weighted by atomic mass is 16.5. The summed E-state index contributed by atoms with van der Waals surface area (Å²) in [7, 11) is 0. The van der Waals surface area contributed by atoms with Crippen molar-refractivity contribution in [3.8, 4) is 0 Å². The zero-order chi connectivity index (χ0) is 18.1. The van der Waals surface area contributed by atoms with Crippen LogP contribution in [0.5, 0.6) is 0 Å². The van der Waals surface area contributed by atoms with Crippen LogP contribution < -0.4 is 14.7 Å². The molecule has 0 saturated carbocycles. The van der Waals surface area contributed by atoms with E-state index in [0.717, 1.165) is 81.1 Å². The van der Waals surface area contributed by atoms with Crippen LogP contribution in [0.25, 0.3) is 11.0 Å². The van der Waals surface area contributed by atoms with Gasteiger partial charge in [0.1, 0.15) is 18.0 Å². The van der Waals surface area contributed by atoms with Crippen LogP contribution in [0, 0.1) is 0 Å². The fraction of sp³-hybridized carbons (Fsp3) is 0.471. The van der Waals surface area contributed by atoms with E-state index in [-0.39, 0.29) is 0 Å². The summed E-state index contributed by atoms with van der Waals surface area (Å²) in [6, 6.07) is 1.98. The number of aromatic amines is 1. The SMILES string of the molecule is c1cc(N2CCN(c3ncnc4[nH]ncc34)CC2)nc(N2CCOCC2)n1. The number of morpholine rings is 1. The molecule has 5 rings (SSSR count). The number of anilines is 3. The van der Waals surface area contributed by atoms with Crippen molar-refractivity contribution in [2.24, 2.45) is 0 Å². The van der Waals surface area contributed by atoms with Crippen molar-refractivity contribution in [2.45, 2.75) is 0 Å². The van der Waals surface area contributed by atoms with E-state index in [4.69, 9.17) is 9.72 Å². The third kappa shape index (κ3) is 3.12. The lowest BCUT2D eigenvalue weighted by atomic mass is 10.2. The summed E-state index contributed by atoms with van der Waals surface area (Å²) in [5.41, 5.74) is 0.772. The van der Waals surface area contributed by atoms with E-state index in [1.807, 2.05) is 12.3 Å². The maximum atomic E-state index is 5.42. The van der Waals surface area contributed by atoms with Crippen LogP contribution in [0.15, 0.2) is 24.8 Å². The second-order valence-corrected chi connectivity index (χ2v) is 6.62. The van der Waals surface area contributed by atoms with Crippen LogP contribution in [0.3, 0.4) is 0 Å². The Labute approximate surface area is 156 Å². The van der Waals surface area contributed by atoms with Crippen LogP contribution >= 0.6 is 0 Å². The quantitative estimate of drug-likeness (QED) is 0.701. The lowest BCUT2D eigenvalue weighted by molar-refractivity contribution is 0.122. The van der Waals surface area contributed by atoms with E-state index in [0.29, 0.717) is 0 Å². The summed E-state index contributed by atoms with van der Waals surface area (Å²) >= 11 is 0. The molecule has 0 aliphatic carbocycles. The van der Waals surface area contributed by atoms with E-state index >= 15 is 0 Å². The molecular formula is C17H21N9O. The summed E-state index contributed by atoms with van der Waals surface area (Å²) in [6.07, 6.45) is 5.22. The molecule has 10 nitrogen and oxygen atoms in total. The number of nitrogens with zero attached hydrogens (tertiary/aromatic N) is 8. The molecule has 0 atom stereocenters. The van der Waals surface area contributed by atoms with Crippen LogP contribution in [0.4, 0.5) is 17.6 Å². The first-order valence-electron chi connectivity index (χ1n) is 9.18. The average Bonchev–Trinajstić information content (AvgIpc) is 3.24. The minimum absolute atomic E-state index is 0.730. The molecule has 0 bridgehead atoms. The summed E-state index contributed by atoms with van der Waals surface area (Å²) in [5.74, 6) is 2.70. The van der Waals surface area contributed by atoms with E-state index < -0.39 is 0 Å². The molecule has 27 heavy (non-hydrogen) atoms. The molecule has 0 aromatic carbocycles. The fourth-order valence-electron chi connectivity index (χ4n) is 3.58. The second kappa shape index (κ2) is 6.95. The van der Waals surface area contributed by atoms with Gasteiger partial charge in [-0.25, -0.2) is 15.0 Å². The van der Waals surface area contributed by atoms with Crippen LogP contribution in [0.1, 0.15) is 0 Å². The molecule has 2 aliphatic heterocycles. The van der Waals surface area contributed by atoms with E-state index in [1.165, 1.54) is 0 Å². The first kappa shape index (κ1) is 16.2. The molecule has 5 heterocycles. The Morgan fingerprint density at radius 1 is 0.889 bits per heavy atom. The molecule has 2 fully saturated rings. The number of fused-ring (bicyclic) bond motifs is 1. The van der Waals surface area contributed by atoms with Gasteiger partial charge in [0, 0.05) is 45.5 Å². The van der Waals surface area contributed by atoms with Gasteiger partial charge in [-0.1, -0.05) is 0 Å². The lowest BCUT2D eigenvalue weighted by Gasteiger charge is -2.36. The summed E-state index contributed by atoms with van der Waals surface area (Å²) in [4.78, 5) is 24.7. The molecule has 10 heteroatoms. The lowest BCUT2D eigenvalue weighted by Crippen LogP contribution is -2.47. The molecule has 1 N–H and O–H groups in total. The smallest absolute Gasteiger partial charge is 0.227 e. The molecule has 0 amide bonds. The average molecular weight is 367 g/mol. The molecule has 3 aromatic rings. The van der Waals surface area contributed by atoms with Gasteiger partial charge in [-0.15, -0.1) is 0 Å². The second-order valence-electron chi connectivity index (χ2n) is 6.62. The van der Waals surface area contributed by atoms with Gasteiger partial charge >= 0.3 is 0 Å². The van der Waals surface area contributed by atoms with Gasteiger partial charge in [0.15, 0.2) is 5.65 Å². The Balaban J connectivity index is 1.30. The molecular weight excluding hydrogens is 346 g/mol. The predicted molar refractivity (Wildman–Crippen MR) is 101 cm³/mol. The topological polar surface area (TPSA) is 99.2 Å². The number of aromatic nitrogens is 6. The fourth-order valence-corrected chi connectivity index (χ4v) is 3.58. The minimum atomic E-state index is 0.730. The zero-order valence-electron chi connectivity index (χ0n) is 15.0.